The minimum atomic E-state index is 0.0203. The smallest absolute Gasteiger partial charge is 0.248 e. The molecule has 1 fully saturated rings. The van der Waals surface area contributed by atoms with E-state index in [1.807, 2.05) is 36.1 Å². The molecule has 1 amide bonds. The van der Waals surface area contributed by atoms with Crippen LogP contribution < -0.4 is 0 Å². The molecule has 2 heterocycles. The van der Waals surface area contributed by atoms with Crippen molar-refractivity contribution in [1.82, 2.24) is 9.88 Å². The molecular formula is C15H18N2O3S. The standard InChI is InChI=1S/C15H18N2O3S/c1-11-8-19-7-6-17(11)15(18)10-20-9-14-16-12-4-2-3-5-13(12)21-14/h2-5,11H,6-10H2,1H3/t11-/m1/s1. The van der Waals surface area contributed by atoms with Crippen molar-refractivity contribution in [3.05, 3.63) is 29.3 Å². The van der Waals surface area contributed by atoms with E-state index in [0.717, 1.165) is 15.2 Å². The fraction of sp³-hybridized carbons (Fsp3) is 0.467. The van der Waals surface area contributed by atoms with Gasteiger partial charge in [-0.15, -0.1) is 11.3 Å². The van der Waals surface area contributed by atoms with Gasteiger partial charge >= 0.3 is 0 Å². The number of carbonyl (C=O) groups is 1. The zero-order chi connectivity index (χ0) is 14.7. The Morgan fingerprint density at radius 3 is 3.19 bits per heavy atom. The second-order valence-electron chi connectivity index (χ2n) is 5.08. The molecule has 1 atom stereocenters. The first-order valence-corrected chi connectivity index (χ1v) is 7.85. The molecule has 3 rings (SSSR count). The molecule has 1 saturated heterocycles. The number of rotatable bonds is 4. The van der Waals surface area contributed by atoms with Crippen LogP contribution in [0.2, 0.25) is 0 Å². The van der Waals surface area contributed by atoms with Crippen LogP contribution in [0, 0.1) is 0 Å². The molecule has 1 aliphatic rings. The maximum absolute atomic E-state index is 12.1. The summed E-state index contributed by atoms with van der Waals surface area (Å²) in [6.07, 6.45) is 0. The third kappa shape index (κ3) is 3.40. The van der Waals surface area contributed by atoms with Crippen LogP contribution in [0.15, 0.2) is 24.3 Å². The van der Waals surface area contributed by atoms with Gasteiger partial charge in [-0.1, -0.05) is 12.1 Å². The Morgan fingerprint density at radius 1 is 1.52 bits per heavy atom. The van der Waals surface area contributed by atoms with Gasteiger partial charge in [-0.25, -0.2) is 4.98 Å². The molecule has 0 saturated carbocycles. The number of morpholine rings is 1. The number of ether oxygens (including phenoxy) is 2. The van der Waals surface area contributed by atoms with Crippen molar-refractivity contribution in [2.45, 2.75) is 19.6 Å². The van der Waals surface area contributed by atoms with Crippen LogP contribution in [0.25, 0.3) is 10.2 Å². The third-order valence-electron chi connectivity index (χ3n) is 3.48. The molecule has 2 aromatic rings. The lowest BCUT2D eigenvalue weighted by molar-refractivity contribution is -0.144. The lowest BCUT2D eigenvalue weighted by Crippen LogP contribution is -2.48. The highest BCUT2D eigenvalue weighted by atomic mass is 32.1. The van der Waals surface area contributed by atoms with E-state index < -0.39 is 0 Å². The maximum Gasteiger partial charge on any atom is 0.248 e. The number of thiazole rings is 1. The van der Waals surface area contributed by atoms with Crippen LogP contribution in [0.3, 0.4) is 0 Å². The number of fused-ring (bicyclic) bond motifs is 1. The van der Waals surface area contributed by atoms with Gasteiger partial charge in [0.1, 0.15) is 11.6 Å². The number of hydrogen-bond acceptors (Lipinski definition) is 5. The molecule has 1 aliphatic heterocycles. The van der Waals surface area contributed by atoms with Gasteiger partial charge in [0.25, 0.3) is 0 Å². The van der Waals surface area contributed by atoms with Crippen LogP contribution in [0.1, 0.15) is 11.9 Å². The van der Waals surface area contributed by atoms with E-state index in [1.165, 1.54) is 0 Å². The van der Waals surface area contributed by atoms with Gasteiger partial charge in [0.05, 0.1) is 36.1 Å². The zero-order valence-electron chi connectivity index (χ0n) is 11.9. The lowest BCUT2D eigenvalue weighted by atomic mass is 10.2. The minimum absolute atomic E-state index is 0.0203. The van der Waals surface area contributed by atoms with E-state index in [2.05, 4.69) is 4.98 Å². The molecular weight excluding hydrogens is 288 g/mol. The van der Waals surface area contributed by atoms with Gasteiger partial charge < -0.3 is 14.4 Å². The predicted octanol–water partition coefficient (Wildman–Crippen LogP) is 2.06. The summed E-state index contributed by atoms with van der Waals surface area (Å²) >= 11 is 1.60. The van der Waals surface area contributed by atoms with Gasteiger partial charge in [-0.2, -0.15) is 0 Å². The molecule has 5 nitrogen and oxygen atoms in total. The third-order valence-corrected chi connectivity index (χ3v) is 4.49. The Morgan fingerprint density at radius 2 is 2.38 bits per heavy atom. The second-order valence-corrected chi connectivity index (χ2v) is 6.19. The van der Waals surface area contributed by atoms with Crippen molar-refractivity contribution < 1.29 is 14.3 Å². The Bertz CT molecular complexity index is 595. The lowest BCUT2D eigenvalue weighted by Gasteiger charge is -2.33. The monoisotopic (exact) mass is 306 g/mol. The van der Waals surface area contributed by atoms with Crippen molar-refractivity contribution in [2.24, 2.45) is 0 Å². The Hall–Kier alpha value is -1.50. The molecule has 0 bridgehead atoms. The van der Waals surface area contributed by atoms with Gasteiger partial charge in [-0.3, -0.25) is 4.79 Å². The summed E-state index contributed by atoms with van der Waals surface area (Å²) in [4.78, 5) is 18.4. The molecule has 0 unspecified atom stereocenters. The largest absolute Gasteiger partial charge is 0.377 e. The van der Waals surface area contributed by atoms with Crippen molar-refractivity contribution >= 4 is 27.5 Å². The quantitative estimate of drug-likeness (QED) is 0.867. The summed E-state index contributed by atoms with van der Waals surface area (Å²) < 4.78 is 12.0. The number of hydrogen-bond donors (Lipinski definition) is 0. The summed E-state index contributed by atoms with van der Waals surface area (Å²) in [7, 11) is 0. The van der Waals surface area contributed by atoms with E-state index in [0.29, 0.717) is 26.4 Å². The van der Waals surface area contributed by atoms with Crippen LogP contribution in [-0.2, 0) is 20.9 Å². The minimum Gasteiger partial charge on any atom is -0.377 e. The summed E-state index contributed by atoms with van der Waals surface area (Å²) in [6, 6.07) is 8.11. The SMILES string of the molecule is C[C@@H]1COCCN1C(=O)COCc1nc2ccccc2s1. The molecule has 6 heteroatoms. The van der Waals surface area contributed by atoms with E-state index in [-0.39, 0.29) is 18.6 Å². The van der Waals surface area contributed by atoms with Crippen molar-refractivity contribution in [2.75, 3.05) is 26.4 Å². The summed E-state index contributed by atoms with van der Waals surface area (Å²) in [6.45, 7) is 4.32. The molecule has 21 heavy (non-hydrogen) atoms. The summed E-state index contributed by atoms with van der Waals surface area (Å²) in [5, 5.41) is 0.902. The van der Waals surface area contributed by atoms with Gasteiger partial charge in [-0.05, 0) is 19.1 Å². The van der Waals surface area contributed by atoms with Crippen molar-refractivity contribution in [3.8, 4) is 0 Å². The van der Waals surface area contributed by atoms with E-state index in [9.17, 15) is 4.79 Å². The molecule has 0 radical (unpaired) electrons. The summed E-state index contributed by atoms with van der Waals surface area (Å²) in [5.74, 6) is 0.0203. The van der Waals surface area contributed by atoms with Crippen LogP contribution in [-0.4, -0.2) is 48.2 Å². The van der Waals surface area contributed by atoms with Crippen molar-refractivity contribution in [3.63, 3.8) is 0 Å². The van der Waals surface area contributed by atoms with Crippen LogP contribution in [0.4, 0.5) is 0 Å². The average Bonchev–Trinajstić information content (AvgIpc) is 2.90. The van der Waals surface area contributed by atoms with Gasteiger partial charge in [0, 0.05) is 6.54 Å². The number of aromatic nitrogens is 1. The highest BCUT2D eigenvalue weighted by molar-refractivity contribution is 7.18. The molecule has 112 valence electrons. The second kappa shape index (κ2) is 6.51. The highest BCUT2D eigenvalue weighted by Crippen LogP contribution is 2.21. The predicted molar refractivity (Wildman–Crippen MR) is 81.3 cm³/mol. The molecule has 0 aliphatic carbocycles. The van der Waals surface area contributed by atoms with Crippen molar-refractivity contribution in [1.29, 1.82) is 0 Å². The van der Waals surface area contributed by atoms with E-state index in [1.54, 1.807) is 11.3 Å². The zero-order valence-corrected chi connectivity index (χ0v) is 12.8. The number of benzene rings is 1. The first kappa shape index (κ1) is 14.4. The Kier molecular flexibility index (Phi) is 4.48. The van der Waals surface area contributed by atoms with Gasteiger partial charge in [0.15, 0.2) is 0 Å². The number of amides is 1. The highest BCUT2D eigenvalue weighted by Gasteiger charge is 2.23. The normalized spacial score (nSPS) is 19.1. The molecule has 0 N–H and O–H groups in total. The van der Waals surface area contributed by atoms with Gasteiger partial charge in [0.2, 0.25) is 5.91 Å². The fourth-order valence-electron chi connectivity index (χ4n) is 2.39. The number of para-hydroxylation sites is 1. The molecule has 1 aromatic carbocycles. The van der Waals surface area contributed by atoms with Crippen LogP contribution in [0.5, 0.6) is 0 Å². The number of nitrogens with zero attached hydrogens (tertiary/aromatic N) is 2. The first-order valence-electron chi connectivity index (χ1n) is 7.03. The van der Waals surface area contributed by atoms with E-state index in [4.69, 9.17) is 9.47 Å². The van der Waals surface area contributed by atoms with E-state index >= 15 is 0 Å². The maximum atomic E-state index is 12.1. The Labute approximate surface area is 127 Å². The Balaban J connectivity index is 1.52. The average molecular weight is 306 g/mol. The summed E-state index contributed by atoms with van der Waals surface area (Å²) in [5.41, 5.74) is 0.981. The molecule has 0 spiro atoms. The van der Waals surface area contributed by atoms with Crippen LogP contribution >= 0.6 is 11.3 Å². The number of carbonyl (C=O) groups excluding carboxylic acids is 1. The molecule has 1 aromatic heterocycles. The fourth-order valence-corrected chi connectivity index (χ4v) is 3.29. The topological polar surface area (TPSA) is 51.7 Å². The first-order chi connectivity index (χ1) is 10.2.